The standard InChI is InChI=1S/C17H35N3/c1-19-11-9-15(10-12-19)14-20(2)17(13-18)16-7-5-3-4-6-8-16/h15-17H,3-14,18H2,1-2H3. The zero-order valence-electron chi connectivity index (χ0n) is 13.7. The topological polar surface area (TPSA) is 32.5 Å². The van der Waals surface area contributed by atoms with Gasteiger partial charge in [0, 0.05) is 19.1 Å². The lowest BCUT2D eigenvalue weighted by atomic mass is 9.89. The van der Waals surface area contributed by atoms with Crippen LogP contribution in [0.3, 0.4) is 0 Å². The highest BCUT2D eigenvalue weighted by Gasteiger charge is 2.27. The molecule has 3 nitrogen and oxygen atoms in total. The Kier molecular flexibility index (Phi) is 6.79. The Hall–Kier alpha value is -0.120. The highest BCUT2D eigenvalue weighted by molar-refractivity contribution is 4.82. The summed E-state index contributed by atoms with van der Waals surface area (Å²) in [4.78, 5) is 5.06. The maximum atomic E-state index is 6.13. The molecule has 0 aromatic carbocycles. The molecule has 0 aromatic rings. The molecular weight excluding hydrogens is 246 g/mol. The minimum atomic E-state index is 0.618. The number of hydrogen-bond donors (Lipinski definition) is 1. The fourth-order valence-corrected chi connectivity index (χ4v) is 4.22. The Labute approximate surface area is 125 Å². The highest BCUT2D eigenvalue weighted by Crippen LogP contribution is 2.28. The summed E-state index contributed by atoms with van der Waals surface area (Å²) in [5.41, 5.74) is 6.13. The monoisotopic (exact) mass is 281 g/mol. The number of hydrogen-bond acceptors (Lipinski definition) is 3. The second-order valence-corrected chi connectivity index (χ2v) is 7.24. The van der Waals surface area contributed by atoms with Crippen LogP contribution < -0.4 is 5.73 Å². The minimum absolute atomic E-state index is 0.618. The maximum absolute atomic E-state index is 6.13. The number of nitrogens with two attached hydrogens (primary N) is 1. The van der Waals surface area contributed by atoms with E-state index in [9.17, 15) is 0 Å². The van der Waals surface area contributed by atoms with Gasteiger partial charge in [0.1, 0.15) is 0 Å². The second kappa shape index (κ2) is 8.35. The van der Waals surface area contributed by atoms with E-state index in [2.05, 4.69) is 23.9 Å². The summed E-state index contributed by atoms with van der Waals surface area (Å²) < 4.78 is 0. The molecule has 0 spiro atoms. The molecule has 1 aliphatic heterocycles. The Morgan fingerprint density at radius 1 is 1.05 bits per heavy atom. The first-order chi connectivity index (χ1) is 9.70. The molecule has 1 saturated heterocycles. The van der Waals surface area contributed by atoms with Gasteiger partial charge >= 0.3 is 0 Å². The molecule has 1 aliphatic carbocycles. The van der Waals surface area contributed by atoms with Crippen LogP contribution in [0.5, 0.6) is 0 Å². The fraction of sp³-hybridized carbons (Fsp3) is 1.00. The van der Waals surface area contributed by atoms with E-state index in [1.165, 1.54) is 71.0 Å². The summed E-state index contributed by atoms with van der Waals surface area (Å²) in [6.07, 6.45) is 11.2. The molecule has 118 valence electrons. The fourth-order valence-electron chi connectivity index (χ4n) is 4.22. The van der Waals surface area contributed by atoms with Crippen molar-refractivity contribution in [1.29, 1.82) is 0 Å². The Balaban J connectivity index is 1.82. The number of nitrogens with zero attached hydrogens (tertiary/aromatic N) is 2. The molecule has 2 aliphatic rings. The first-order valence-electron chi connectivity index (χ1n) is 8.79. The van der Waals surface area contributed by atoms with Gasteiger partial charge in [-0.05, 0) is 64.7 Å². The molecule has 2 fully saturated rings. The summed E-state index contributed by atoms with van der Waals surface area (Å²) in [6, 6.07) is 0.618. The Bertz CT molecular complexity index is 253. The summed E-state index contributed by atoms with van der Waals surface area (Å²) >= 11 is 0. The summed E-state index contributed by atoms with van der Waals surface area (Å²) in [7, 11) is 4.56. The third-order valence-corrected chi connectivity index (χ3v) is 5.64. The third-order valence-electron chi connectivity index (χ3n) is 5.64. The molecule has 2 N–H and O–H groups in total. The summed E-state index contributed by atoms with van der Waals surface area (Å²) in [5.74, 6) is 1.73. The van der Waals surface area contributed by atoms with Crippen molar-refractivity contribution in [3.8, 4) is 0 Å². The van der Waals surface area contributed by atoms with Gasteiger partial charge in [0.2, 0.25) is 0 Å². The van der Waals surface area contributed by atoms with E-state index in [-0.39, 0.29) is 0 Å². The molecular formula is C17H35N3. The van der Waals surface area contributed by atoms with E-state index >= 15 is 0 Å². The molecule has 0 radical (unpaired) electrons. The molecule has 1 unspecified atom stereocenters. The average Bonchev–Trinajstić information content (AvgIpc) is 2.71. The zero-order chi connectivity index (χ0) is 14.4. The molecule has 2 rings (SSSR count). The van der Waals surface area contributed by atoms with Crippen LogP contribution in [0.15, 0.2) is 0 Å². The van der Waals surface area contributed by atoms with Crippen molar-refractivity contribution in [2.45, 2.75) is 57.4 Å². The predicted molar refractivity (Wildman–Crippen MR) is 86.9 cm³/mol. The van der Waals surface area contributed by atoms with Gasteiger partial charge in [-0.2, -0.15) is 0 Å². The van der Waals surface area contributed by atoms with Gasteiger partial charge in [0.25, 0.3) is 0 Å². The van der Waals surface area contributed by atoms with Crippen LogP contribution in [0.1, 0.15) is 51.4 Å². The lowest BCUT2D eigenvalue weighted by molar-refractivity contribution is 0.117. The van der Waals surface area contributed by atoms with Crippen molar-refractivity contribution in [2.24, 2.45) is 17.6 Å². The molecule has 1 atom stereocenters. The number of rotatable bonds is 5. The maximum Gasteiger partial charge on any atom is 0.0243 e. The van der Waals surface area contributed by atoms with Gasteiger partial charge in [0.15, 0.2) is 0 Å². The number of piperidine rings is 1. The largest absolute Gasteiger partial charge is 0.329 e. The second-order valence-electron chi connectivity index (χ2n) is 7.24. The first kappa shape index (κ1) is 16.3. The molecule has 0 aromatic heterocycles. The van der Waals surface area contributed by atoms with Crippen molar-refractivity contribution in [2.75, 3.05) is 40.3 Å². The van der Waals surface area contributed by atoms with E-state index in [1.54, 1.807) is 0 Å². The van der Waals surface area contributed by atoms with Gasteiger partial charge in [-0.25, -0.2) is 0 Å². The van der Waals surface area contributed by atoms with Crippen LogP contribution in [0.4, 0.5) is 0 Å². The predicted octanol–water partition coefficient (Wildman–Crippen LogP) is 2.56. The van der Waals surface area contributed by atoms with Crippen molar-refractivity contribution in [1.82, 2.24) is 9.80 Å². The van der Waals surface area contributed by atoms with Gasteiger partial charge in [-0.1, -0.05) is 25.7 Å². The quantitative estimate of drug-likeness (QED) is 0.786. The summed E-state index contributed by atoms with van der Waals surface area (Å²) in [5, 5.41) is 0. The first-order valence-corrected chi connectivity index (χ1v) is 8.79. The zero-order valence-corrected chi connectivity index (χ0v) is 13.7. The Morgan fingerprint density at radius 2 is 1.65 bits per heavy atom. The lowest BCUT2D eigenvalue weighted by Gasteiger charge is -2.38. The van der Waals surface area contributed by atoms with Gasteiger partial charge in [0.05, 0.1) is 0 Å². The number of likely N-dealkylation sites (N-methyl/N-ethyl adjacent to an activating group) is 1. The molecule has 20 heavy (non-hydrogen) atoms. The highest BCUT2D eigenvalue weighted by atomic mass is 15.2. The lowest BCUT2D eigenvalue weighted by Crippen LogP contribution is -2.46. The van der Waals surface area contributed by atoms with E-state index in [4.69, 9.17) is 5.73 Å². The van der Waals surface area contributed by atoms with Crippen LogP contribution in [-0.2, 0) is 0 Å². The van der Waals surface area contributed by atoms with Crippen LogP contribution in [0, 0.1) is 11.8 Å². The van der Waals surface area contributed by atoms with E-state index < -0.39 is 0 Å². The molecule has 1 saturated carbocycles. The third kappa shape index (κ3) is 4.71. The SMILES string of the molecule is CN1CCC(CN(C)C(CN)C2CCCCCC2)CC1. The van der Waals surface area contributed by atoms with Gasteiger partial charge < -0.3 is 15.5 Å². The molecule has 0 amide bonds. The van der Waals surface area contributed by atoms with Crippen LogP contribution >= 0.6 is 0 Å². The normalized spacial score (nSPS) is 25.8. The van der Waals surface area contributed by atoms with Crippen molar-refractivity contribution in [3.63, 3.8) is 0 Å². The molecule has 0 bridgehead atoms. The van der Waals surface area contributed by atoms with Gasteiger partial charge in [-0.15, -0.1) is 0 Å². The Morgan fingerprint density at radius 3 is 2.20 bits per heavy atom. The van der Waals surface area contributed by atoms with Crippen LogP contribution in [0.25, 0.3) is 0 Å². The van der Waals surface area contributed by atoms with Crippen molar-refractivity contribution >= 4 is 0 Å². The summed E-state index contributed by atoms with van der Waals surface area (Å²) in [6.45, 7) is 4.64. The smallest absolute Gasteiger partial charge is 0.0243 e. The van der Waals surface area contributed by atoms with E-state index in [0.29, 0.717) is 6.04 Å². The molecule has 1 heterocycles. The van der Waals surface area contributed by atoms with Gasteiger partial charge in [-0.3, -0.25) is 0 Å². The minimum Gasteiger partial charge on any atom is -0.329 e. The van der Waals surface area contributed by atoms with Crippen LogP contribution in [0.2, 0.25) is 0 Å². The number of likely N-dealkylation sites (tertiary alicyclic amines) is 1. The van der Waals surface area contributed by atoms with Crippen molar-refractivity contribution in [3.05, 3.63) is 0 Å². The van der Waals surface area contributed by atoms with Crippen molar-refractivity contribution < 1.29 is 0 Å². The van der Waals surface area contributed by atoms with E-state index in [0.717, 1.165) is 18.4 Å². The van der Waals surface area contributed by atoms with E-state index in [1.807, 2.05) is 0 Å². The molecule has 3 heteroatoms. The van der Waals surface area contributed by atoms with Crippen LogP contribution in [-0.4, -0.2) is 56.1 Å². The average molecular weight is 281 g/mol.